The molecule has 0 amide bonds. The lowest BCUT2D eigenvalue weighted by Gasteiger charge is -2.18. The minimum absolute atomic E-state index is 0.331. The highest BCUT2D eigenvalue weighted by molar-refractivity contribution is 5.77. The van der Waals surface area contributed by atoms with Gasteiger partial charge in [-0.25, -0.2) is 9.48 Å². The molecule has 0 radical (unpaired) electrons. The molecular formula is C24H18F3N3O2. The minimum atomic E-state index is -4.64. The van der Waals surface area contributed by atoms with Crippen LogP contribution in [0, 0.1) is 0 Å². The summed E-state index contributed by atoms with van der Waals surface area (Å²) in [7, 11) is 0. The molecule has 0 saturated carbocycles. The molecule has 0 aliphatic rings. The average molecular weight is 437 g/mol. The summed E-state index contributed by atoms with van der Waals surface area (Å²) in [6.07, 6.45) is -6.24. The molecule has 32 heavy (non-hydrogen) atoms. The lowest BCUT2D eigenvalue weighted by molar-refractivity contribution is -0.139. The zero-order valence-corrected chi connectivity index (χ0v) is 16.7. The van der Waals surface area contributed by atoms with Crippen molar-refractivity contribution < 1.29 is 18.3 Å². The Balaban J connectivity index is 1.79. The lowest BCUT2D eigenvalue weighted by atomic mass is 10.0. The van der Waals surface area contributed by atoms with Gasteiger partial charge in [0.15, 0.2) is 0 Å². The van der Waals surface area contributed by atoms with E-state index in [4.69, 9.17) is 0 Å². The smallest absolute Gasteiger partial charge is 0.386 e. The minimum Gasteiger partial charge on any atom is -0.386 e. The third kappa shape index (κ3) is 4.45. The molecule has 0 aliphatic carbocycles. The number of rotatable bonds is 5. The van der Waals surface area contributed by atoms with Crippen molar-refractivity contribution in [1.82, 2.24) is 14.8 Å². The molecule has 162 valence electrons. The number of halogens is 3. The predicted octanol–water partition coefficient (Wildman–Crippen LogP) is 4.72. The first-order chi connectivity index (χ1) is 15.3. The van der Waals surface area contributed by atoms with Gasteiger partial charge in [0.2, 0.25) is 0 Å². The van der Waals surface area contributed by atoms with E-state index in [0.29, 0.717) is 22.5 Å². The number of aliphatic hydroxyl groups is 1. The van der Waals surface area contributed by atoms with Gasteiger partial charge in [-0.15, -0.1) is 0 Å². The van der Waals surface area contributed by atoms with E-state index in [1.165, 1.54) is 18.2 Å². The van der Waals surface area contributed by atoms with Gasteiger partial charge in [-0.3, -0.25) is 0 Å². The van der Waals surface area contributed by atoms with Crippen LogP contribution in [0.4, 0.5) is 13.2 Å². The van der Waals surface area contributed by atoms with E-state index in [-0.39, 0.29) is 5.56 Å². The Kier molecular flexibility index (Phi) is 5.87. The van der Waals surface area contributed by atoms with E-state index in [1.807, 2.05) is 12.1 Å². The molecule has 5 nitrogen and oxygen atoms in total. The molecule has 0 fully saturated rings. The van der Waals surface area contributed by atoms with Crippen molar-refractivity contribution in [2.45, 2.75) is 18.8 Å². The van der Waals surface area contributed by atoms with Crippen LogP contribution in [-0.2, 0) is 12.7 Å². The molecular weight excluding hydrogens is 419 g/mol. The second-order valence-electron chi connectivity index (χ2n) is 7.11. The molecule has 3 aromatic carbocycles. The summed E-state index contributed by atoms with van der Waals surface area (Å²) < 4.78 is 40.9. The molecule has 0 aliphatic heterocycles. The maximum absolute atomic E-state index is 13.3. The predicted molar refractivity (Wildman–Crippen MR) is 114 cm³/mol. The molecule has 0 saturated heterocycles. The van der Waals surface area contributed by atoms with Gasteiger partial charge in [0, 0.05) is 11.1 Å². The Morgan fingerprint density at radius 1 is 0.812 bits per heavy atom. The van der Waals surface area contributed by atoms with E-state index in [9.17, 15) is 23.1 Å². The van der Waals surface area contributed by atoms with E-state index >= 15 is 0 Å². The fourth-order valence-corrected chi connectivity index (χ4v) is 3.43. The van der Waals surface area contributed by atoms with Gasteiger partial charge in [0.05, 0.1) is 18.2 Å². The molecule has 0 spiro atoms. The first kappa shape index (κ1) is 21.5. The fraction of sp³-hybridized carbons (Fsp3) is 0.125. The van der Waals surface area contributed by atoms with Crippen LogP contribution >= 0.6 is 0 Å². The standard InChI is InChI=1S/C24H18F3N3O2/c25-24(26,27)19-14-8-7-13-18(19)20(31)15-30-23(32)28-21(16-9-3-1-4-10-16)22(29-30)17-11-5-2-6-12-17/h1-14,20,31H,15H2/t20-/m1/s1. The Morgan fingerprint density at radius 2 is 1.34 bits per heavy atom. The van der Waals surface area contributed by atoms with E-state index < -0.39 is 30.1 Å². The number of hydrogen-bond acceptors (Lipinski definition) is 4. The summed E-state index contributed by atoms with van der Waals surface area (Å²) >= 11 is 0. The highest BCUT2D eigenvalue weighted by Crippen LogP contribution is 2.35. The zero-order chi connectivity index (χ0) is 22.7. The van der Waals surface area contributed by atoms with Crippen molar-refractivity contribution in [1.29, 1.82) is 0 Å². The second kappa shape index (κ2) is 8.76. The van der Waals surface area contributed by atoms with Gasteiger partial charge in [0.25, 0.3) is 0 Å². The molecule has 1 heterocycles. The molecule has 0 unspecified atom stereocenters. The van der Waals surface area contributed by atoms with Gasteiger partial charge in [-0.2, -0.15) is 23.3 Å². The van der Waals surface area contributed by atoms with Gasteiger partial charge in [-0.05, 0) is 11.6 Å². The van der Waals surface area contributed by atoms with Crippen molar-refractivity contribution in [3.8, 4) is 22.5 Å². The Bertz CT molecular complexity index is 1270. The lowest BCUT2D eigenvalue weighted by Crippen LogP contribution is -2.30. The fourth-order valence-electron chi connectivity index (χ4n) is 3.43. The van der Waals surface area contributed by atoms with Crippen molar-refractivity contribution in [2.24, 2.45) is 0 Å². The largest absolute Gasteiger partial charge is 0.416 e. The Labute approximate surface area is 181 Å². The van der Waals surface area contributed by atoms with Crippen LogP contribution in [0.25, 0.3) is 22.5 Å². The van der Waals surface area contributed by atoms with Gasteiger partial charge in [0.1, 0.15) is 11.4 Å². The number of alkyl halides is 3. The number of hydrogen-bond donors (Lipinski definition) is 1. The van der Waals surface area contributed by atoms with Crippen molar-refractivity contribution in [3.63, 3.8) is 0 Å². The quantitative estimate of drug-likeness (QED) is 0.490. The van der Waals surface area contributed by atoms with Crippen molar-refractivity contribution in [3.05, 3.63) is 107 Å². The van der Waals surface area contributed by atoms with Crippen molar-refractivity contribution in [2.75, 3.05) is 0 Å². The summed E-state index contributed by atoms with van der Waals surface area (Å²) in [5, 5.41) is 14.9. The van der Waals surface area contributed by atoms with Gasteiger partial charge < -0.3 is 5.11 Å². The third-order valence-electron chi connectivity index (χ3n) is 4.94. The molecule has 4 rings (SSSR count). The SMILES string of the molecule is O=c1nc(-c2ccccc2)c(-c2ccccc2)nn1C[C@@H](O)c1ccccc1C(F)(F)F. The number of aliphatic hydroxyl groups excluding tert-OH is 1. The van der Waals surface area contributed by atoms with Crippen LogP contribution in [0.2, 0.25) is 0 Å². The summed E-state index contributed by atoms with van der Waals surface area (Å²) in [5.41, 5.74) is 0.0201. The Hall–Kier alpha value is -3.78. The van der Waals surface area contributed by atoms with Crippen molar-refractivity contribution >= 4 is 0 Å². The molecule has 0 bridgehead atoms. The summed E-state index contributed by atoms with van der Waals surface area (Å²) in [6, 6.07) is 22.7. The maximum Gasteiger partial charge on any atom is 0.416 e. The molecule has 1 aromatic heterocycles. The first-order valence-corrected chi connectivity index (χ1v) is 9.79. The molecule has 1 atom stereocenters. The molecule has 1 N–H and O–H groups in total. The van der Waals surface area contributed by atoms with Crippen LogP contribution in [-0.4, -0.2) is 19.9 Å². The van der Waals surface area contributed by atoms with Gasteiger partial charge >= 0.3 is 11.9 Å². The van der Waals surface area contributed by atoms with E-state index in [2.05, 4.69) is 10.1 Å². The third-order valence-corrected chi connectivity index (χ3v) is 4.94. The monoisotopic (exact) mass is 437 g/mol. The number of nitrogens with zero attached hydrogens (tertiary/aromatic N) is 3. The van der Waals surface area contributed by atoms with Crippen LogP contribution in [0.1, 0.15) is 17.2 Å². The van der Waals surface area contributed by atoms with Crippen LogP contribution in [0.15, 0.2) is 89.7 Å². The highest BCUT2D eigenvalue weighted by Gasteiger charge is 2.34. The first-order valence-electron chi connectivity index (χ1n) is 9.79. The molecule has 4 aromatic rings. The second-order valence-corrected chi connectivity index (χ2v) is 7.11. The summed E-state index contributed by atoms with van der Waals surface area (Å²) in [4.78, 5) is 16.9. The van der Waals surface area contributed by atoms with Crippen LogP contribution in [0.5, 0.6) is 0 Å². The van der Waals surface area contributed by atoms with Gasteiger partial charge in [-0.1, -0.05) is 78.9 Å². The highest BCUT2D eigenvalue weighted by atomic mass is 19.4. The van der Waals surface area contributed by atoms with Crippen LogP contribution < -0.4 is 5.69 Å². The number of benzene rings is 3. The zero-order valence-electron chi connectivity index (χ0n) is 16.7. The topological polar surface area (TPSA) is 68.0 Å². The Morgan fingerprint density at radius 3 is 1.94 bits per heavy atom. The number of aromatic nitrogens is 3. The van der Waals surface area contributed by atoms with E-state index in [0.717, 1.165) is 10.7 Å². The maximum atomic E-state index is 13.3. The van der Waals surface area contributed by atoms with E-state index in [1.54, 1.807) is 48.5 Å². The molecule has 8 heteroatoms. The normalized spacial score (nSPS) is 12.5. The van der Waals surface area contributed by atoms with Crippen LogP contribution in [0.3, 0.4) is 0 Å². The average Bonchev–Trinajstić information content (AvgIpc) is 2.80. The summed E-state index contributed by atoms with van der Waals surface area (Å²) in [6.45, 7) is -0.478. The summed E-state index contributed by atoms with van der Waals surface area (Å²) in [5.74, 6) is 0.